The van der Waals surface area contributed by atoms with Gasteiger partial charge in [0.25, 0.3) is 5.60 Å². The maximum absolute atomic E-state index is 13.4. The highest BCUT2D eigenvalue weighted by molar-refractivity contribution is 14.1. The number of rotatable bonds is 6. The van der Waals surface area contributed by atoms with E-state index in [0.29, 0.717) is 19.8 Å². The third-order valence-corrected chi connectivity index (χ3v) is 7.53. The molecule has 1 aliphatic heterocycles. The monoisotopic (exact) mass is 600 g/mol. The van der Waals surface area contributed by atoms with Crippen LogP contribution in [0.2, 0.25) is 0 Å². The lowest BCUT2D eigenvalue weighted by Gasteiger charge is -2.49. The minimum Gasteiger partial charge on any atom is -0.458 e. The molecule has 33 heavy (non-hydrogen) atoms. The van der Waals surface area contributed by atoms with Crippen LogP contribution in [-0.4, -0.2) is 58.9 Å². The molecule has 3 rings (SSSR count). The van der Waals surface area contributed by atoms with Gasteiger partial charge in [0.1, 0.15) is 23.7 Å². The zero-order valence-corrected chi connectivity index (χ0v) is 19.7. The number of hydrogen-bond acceptors (Lipinski definition) is 6. The summed E-state index contributed by atoms with van der Waals surface area (Å²) in [6.45, 7) is 3.97. The summed E-state index contributed by atoms with van der Waals surface area (Å²) in [6, 6.07) is 0. The maximum atomic E-state index is 13.4. The summed E-state index contributed by atoms with van der Waals surface area (Å²) in [6.07, 6.45) is -15.7. The van der Waals surface area contributed by atoms with E-state index < -0.39 is 59.2 Å². The van der Waals surface area contributed by atoms with Gasteiger partial charge in [-0.1, -0.05) is 19.4 Å². The Morgan fingerprint density at radius 3 is 2.21 bits per heavy atom. The van der Waals surface area contributed by atoms with Gasteiger partial charge in [-0.3, -0.25) is 4.79 Å². The highest BCUT2D eigenvalue weighted by Gasteiger charge is 2.76. The van der Waals surface area contributed by atoms with Crippen LogP contribution in [0.25, 0.3) is 0 Å². The minimum atomic E-state index is -6.06. The predicted molar refractivity (Wildman–Crippen MR) is 108 cm³/mol. The molecule has 0 spiro atoms. The summed E-state index contributed by atoms with van der Waals surface area (Å²) in [5.41, 5.74) is -8.32. The lowest BCUT2D eigenvalue weighted by Crippen LogP contribution is -2.67. The molecule has 2 aliphatic carbocycles. The second kappa shape index (κ2) is 8.54. The van der Waals surface area contributed by atoms with Crippen LogP contribution in [0.3, 0.4) is 0 Å². The molecule has 0 aromatic rings. The van der Waals surface area contributed by atoms with Crippen LogP contribution >= 0.6 is 22.6 Å². The number of alkyl halides is 6. The molecule has 2 bridgehead atoms. The highest BCUT2D eigenvalue weighted by atomic mass is 127. The molecule has 0 radical (unpaired) electrons. The van der Waals surface area contributed by atoms with Crippen molar-refractivity contribution in [3.05, 3.63) is 10.2 Å². The molecule has 3 aliphatic rings. The molecule has 1 saturated heterocycles. The first-order valence-corrected chi connectivity index (χ1v) is 11.4. The summed E-state index contributed by atoms with van der Waals surface area (Å²) < 4.78 is 96.6. The second-order valence-corrected chi connectivity index (χ2v) is 10.1. The van der Waals surface area contributed by atoms with Crippen LogP contribution in [0, 0.1) is 5.41 Å². The van der Waals surface area contributed by atoms with Gasteiger partial charge in [-0.05, 0) is 55.2 Å². The summed E-state index contributed by atoms with van der Waals surface area (Å²) in [7, 11) is 0. The van der Waals surface area contributed by atoms with Crippen LogP contribution in [0.5, 0.6) is 0 Å². The largest absolute Gasteiger partial charge is 0.458 e. The number of halogens is 7. The molecule has 13 heteroatoms. The Balaban J connectivity index is 1.92. The van der Waals surface area contributed by atoms with Crippen molar-refractivity contribution >= 4 is 34.5 Å². The molecule has 0 amide bonds. The van der Waals surface area contributed by atoms with Gasteiger partial charge in [-0.15, -0.1) is 0 Å². The zero-order chi connectivity index (χ0) is 25.0. The lowest BCUT2D eigenvalue weighted by atomic mass is 9.62. The molecule has 4 unspecified atom stereocenters. The maximum Gasteiger partial charge on any atom is 0.428 e. The Hall–Kier alpha value is -1.09. The van der Waals surface area contributed by atoms with E-state index in [2.05, 4.69) is 6.58 Å². The second-order valence-electron chi connectivity index (χ2n) is 8.84. The van der Waals surface area contributed by atoms with Crippen molar-refractivity contribution in [1.29, 1.82) is 0 Å². The van der Waals surface area contributed by atoms with Crippen LogP contribution in [0.4, 0.5) is 26.3 Å². The van der Waals surface area contributed by atoms with Gasteiger partial charge in [0, 0.05) is 6.42 Å². The van der Waals surface area contributed by atoms with Crippen molar-refractivity contribution in [3.8, 4) is 0 Å². The molecule has 0 aromatic carbocycles. The fourth-order valence-electron chi connectivity index (χ4n) is 5.34. The highest BCUT2D eigenvalue weighted by Crippen LogP contribution is 2.60. The fraction of sp³-hybridized carbons (Fsp3) is 0.800. The van der Waals surface area contributed by atoms with Crippen LogP contribution in [0.1, 0.15) is 51.9 Å². The summed E-state index contributed by atoms with van der Waals surface area (Å²) in [4.78, 5) is 24.9. The van der Waals surface area contributed by atoms with E-state index in [9.17, 15) is 41.0 Å². The summed E-state index contributed by atoms with van der Waals surface area (Å²) >= 11 is 1.66. The standard InChI is InChI=1S/C20H23F6IO6/c1-10(27)14(28)31-12-5-8-16(9-13(12)32-15(16)29)17(6-3-4-7-17)33-11(2)18(30,19(21,22)23)20(24,25)26/h11-13,30H,1,3-9H2,2H3. The summed E-state index contributed by atoms with van der Waals surface area (Å²) in [5.74, 6) is -1.52. The van der Waals surface area contributed by atoms with E-state index in [-0.39, 0.29) is 35.7 Å². The molecule has 188 valence electrons. The molecular formula is C20H23F6IO6. The summed E-state index contributed by atoms with van der Waals surface area (Å²) in [5, 5.41) is 9.79. The first kappa shape index (κ1) is 26.5. The van der Waals surface area contributed by atoms with E-state index >= 15 is 0 Å². The molecule has 6 nitrogen and oxygen atoms in total. The number of ether oxygens (including phenoxy) is 3. The quantitative estimate of drug-likeness (QED) is 0.209. The van der Waals surface area contributed by atoms with E-state index in [1.807, 2.05) is 0 Å². The lowest BCUT2D eigenvalue weighted by molar-refractivity contribution is -0.401. The van der Waals surface area contributed by atoms with Gasteiger partial charge in [0.2, 0.25) is 0 Å². The first-order valence-electron chi connectivity index (χ1n) is 10.3. The van der Waals surface area contributed by atoms with Crippen LogP contribution in [-0.2, 0) is 23.8 Å². The Morgan fingerprint density at radius 1 is 1.18 bits per heavy atom. The number of fused-ring (bicyclic) bond motifs is 2. The van der Waals surface area contributed by atoms with Gasteiger partial charge in [0.15, 0.2) is 0 Å². The number of aliphatic hydroxyl groups is 1. The van der Waals surface area contributed by atoms with Crippen LogP contribution in [0.15, 0.2) is 10.2 Å². The normalized spacial score (nSPS) is 30.6. The van der Waals surface area contributed by atoms with Crippen molar-refractivity contribution < 1.29 is 55.2 Å². The van der Waals surface area contributed by atoms with Gasteiger partial charge < -0.3 is 19.3 Å². The predicted octanol–water partition coefficient (Wildman–Crippen LogP) is 4.52. The molecule has 1 N–H and O–H groups in total. The van der Waals surface area contributed by atoms with Crippen molar-refractivity contribution in [2.24, 2.45) is 5.41 Å². The number of carbonyl (C=O) groups is 2. The smallest absolute Gasteiger partial charge is 0.428 e. The third kappa shape index (κ3) is 4.15. The average molecular weight is 600 g/mol. The van der Waals surface area contributed by atoms with Crippen molar-refractivity contribution in [1.82, 2.24) is 0 Å². The Kier molecular flexibility index (Phi) is 6.86. The number of hydrogen-bond donors (Lipinski definition) is 1. The Labute approximate surface area is 199 Å². The first-order chi connectivity index (χ1) is 15.0. The Morgan fingerprint density at radius 2 is 1.73 bits per heavy atom. The van der Waals surface area contributed by atoms with E-state index in [4.69, 9.17) is 14.2 Å². The minimum absolute atomic E-state index is 0.0167. The molecule has 2 saturated carbocycles. The number of esters is 2. The zero-order valence-electron chi connectivity index (χ0n) is 17.5. The Bertz CT molecular complexity index is 807. The topological polar surface area (TPSA) is 82.1 Å². The average Bonchev–Trinajstić information content (AvgIpc) is 3.26. The third-order valence-electron chi connectivity index (χ3n) is 7.09. The van der Waals surface area contributed by atoms with Crippen molar-refractivity contribution in [2.45, 2.75) is 93.7 Å². The fourth-order valence-corrected chi connectivity index (χ4v) is 5.47. The van der Waals surface area contributed by atoms with Crippen molar-refractivity contribution in [3.63, 3.8) is 0 Å². The van der Waals surface area contributed by atoms with Gasteiger partial charge in [-0.2, -0.15) is 26.3 Å². The SMILES string of the molecule is C=C(I)C(=O)OC1CCC2(C3(OC(C)C(O)(C(F)(F)F)C(F)(F)F)CCCC3)CC1OC2=O. The van der Waals surface area contributed by atoms with E-state index in [0.717, 1.165) is 0 Å². The van der Waals surface area contributed by atoms with E-state index in [1.54, 1.807) is 22.6 Å². The molecule has 4 atom stereocenters. The molecule has 3 fully saturated rings. The molecule has 0 aromatic heterocycles. The molecular weight excluding hydrogens is 577 g/mol. The van der Waals surface area contributed by atoms with Crippen molar-refractivity contribution in [2.75, 3.05) is 0 Å². The van der Waals surface area contributed by atoms with E-state index in [1.165, 1.54) is 0 Å². The number of carbonyl (C=O) groups excluding carboxylic acids is 2. The van der Waals surface area contributed by atoms with Gasteiger partial charge in [0.05, 0.1) is 9.18 Å². The van der Waals surface area contributed by atoms with Gasteiger partial charge >= 0.3 is 24.3 Å². The van der Waals surface area contributed by atoms with Crippen LogP contribution < -0.4 is 0 Å². The molecule has 1 heterocycles. The van der Waals surface area contributed by atoms with Gasteiger partial charge in [-0.25, -0.2) is 4.79 Å².